The Morgan fingerprint density at radius 2 is 2.06 bits per heavy atom. The zero-order valence-electron chi connectivity index (χ0n) is 10.4. The Kier molecular flexibility index (Phi) is 4.28. The summed E-state index contributed by atoms with van der Waals surface area (Å²) in [4.78, 5) is 10.9. The van der Waals surface area contributed by atoms with Gasteiger partial charge in [0.15, 0.2) is 0 Å². The normalized spacial score (nSPS) is 17.4. The van der Waals surface area contributed by atoms with E-state index in [0.29, 0.717) is 5.88 Å². The summed E-state index contributed by atoms with van der Waals surface area (Å²) in [6, 6.07) is 0. The van der Waals surface area contributed by atoms with Gasteiger partial charge in [-0.25, -0.2) is 4.98 Å². The van der Waals surface area contributed by atoms with Crippen LogP contribution < -0.4 is 4.74 Å². The molecule has 0 N–H and O–H groups in total. The molecule has 5 heteroatoms. The molecule has 0 spiro atoms. The zero-order chi connectivity index (χ0) is 12.1. The van der Waals surface area contributed by atoms with E-state index < -0.39 is 0 Å². The van der Waals surface area contributed by atoms with Crippen molar-refractivity contribution in [2.24, 2.45) is 0 Å². The van der Waals surface area contributed by atoms with Gasteiger partial charge in [-0.2, -0.15) is 0 Å². The van der Waals surface area contributed by atoms with E-state index in [1.165, 1.54) is 0 Å². The summed E-state index contributed by atoms with van der Waals surface area (Å²) in [6.07, 6.45) is 3.61. The molecule has 0 atom stereocenters. The minimum Gasteiger partial charge on any atom is -0.474 e. The molecule has 94 valence electrons. The van der Waals surface area contributed by atoms with Gasteiger partial charge < -0.3 is 9.47 Å². The molecule has 2 rings (SSSR count). The van der Waals surface area contributed by atoms with Gasteiger partial charge in [0.25, 0.3) is 0 Å². The standard InChI is InChI=1S/C12H19N3O2/c1-10(2)17-12-8-13-11(7-14-12)9-15-3-5-16-6-4-15/h7-8,10H,3-6,9H2,1-2H3. The number of morpholine rings is 1. The Labute approximate surface area is 102 Å². The highest BCUT2D eigenvalue weighted by Gasteiger charge is 2.11. The third-order valence-corrected chi connectivity index (χ3v) is 2.53. The lowest BCUT2D eigenvalue weighted by atomic mass is 10.3. The van der Waals surface area contributed by atoms with Gasteiger partial charge in [-0.15, -0.1) is 0 Å². The average Bonchev–Trinajstić information content (AvgIpc) is 2.32. The summed E-state index contributed by atoms with van der Waals surface area (Å²) >= 11 is 0. The molecule has 1 aromatic heterocycles. The maximum absolute atomic E-state index is 5.45. The first-order chi connectivity index (χ1) is 8.24. The van der Waals surface area contributed by atoms with Gasteiger partial charge in [0.2, 0.25) is 5.88 Å². The minimum absolute atomic E-state index is 0.134. The SMILES string of the molecule is CC(C)Oc1cnc(CN2CCOCC2)cn1. The van der Waals surface area contributed by atoms with Crippen molar-refractivity contribution >= 4 is 0 Å². The molecule has 0 amide bonds. The second kappa shape index (κ2) is 5.93. The fourth-order valence-corrected chi connectivity index (χ4v) is 1.72. The molecule has 1 saturated heterocycles. The molecule has 1 fully saturated rings. The van der Waals surface area contributed by atoms with Crippen LogP contribution in [-0.2, 0) is 11.3 Å². The predicted molar refractivity (Wildman–Crippen MR) is 63.9 cm³/mol. The molecular weight excluding hydrogens is 218 g/mol. The number of hydrogen-bond acceptors (Lipinski definition) is 5. The van der Waals surface area contributed by atoms with Crippen LogP contribution in [0.3, 0.4) is 0 Å². The molecule has 0 radical (unpaired) electrons. The average molecular weight is 237 g/mol. The molecule has 1 aliphatic heterocycles. The summed E-state index contributed by atoms with van der Waals surface area (Å²) in [5.41, 5.74) is 0.975. The van der Waals surface area contributed by atoms with Gasteiger partial charge in [-0.05, 0) is 13.8 Å². The second-order valence-electron chi connectivity index (χ2n) is 4.40. The van der Waals surface area contributed by atoms with E-state index in [0.717, 1.165) is 38.5 Å². The molecule has 1 aromatic rings. The van der Waals surface area contributed by atoms with Crippen LogP contribution in [-0.4, -0.2) is 47.3 Å². The molecule has 0 bridgehead atoms. The molecule has 17 heavy (non-hydrogen) atoms. The third kappa shape index (κ3) is 3.94. The number of nitrogens with zero attached hydrogens (tertiary/aromatic N) is 3. The van der Waals surface area contributed by atoms with E-state index in [9.17, 15) is 0 Å². The molecule has 2 heterocycles. The monoisotopic (exact) mass is 237 g/mol. The molecule has 0 unspecified atom stereocenters. The van der Waals surface area contributed by atoms with E-state index in [1.807, 2.05) is 13.8 Å². The third-order valence-electron chi connectivity index (χ3n) is 2.53. The van der Waals surface area contributed by atoms with Crippen LogP contribution in [0, 0.1) is 0 Å². The molecular formula is C12H19N3O2. The van der Waals surface area contributed by atoms with Gasteiger partial charge in [0.05, 0.1) is 37.4 Å². The van der Waals surface area contributed by atoms with Crippen molar-refractivity contribution in [2.75, 3.05) is 26.3 Å². The summed E-state index contributed by atoms with van der Waals surface area (Å²) < 4.78 is 10.8. The summed E-state index contributed by atoms with van der Waals surface area (Å²) in [5, 5.41) is 0. The number of ether oxygens (including phenoxy) is 2. The van der Waals surface area contributed by atoms with E-state index in [4.69, 9.17) is 9.47 Å². The predicted octanol–water partition coefficient (Wildman–Crippen LogP) is 1.10. The first-order valence-electron chi connectivity index (χ1n) is 6.02. The lowest BCUT2D eigenvalue weighted by Crippen LogP contribution is -2.35. The number of rotatable bonds is 4. The van der Waals surface area contributed by atoms with Gasteiger partial charge in [-0.3, -0.25) is 9.88 Å². The fourth-order valence-electron chi connectivity index (χ4n) is 1.72. The summed E-state index contributed by atoms with van der Waals surface area (Å²) in [5.74, 6) is 0.589. The molecule has 0 saturated carbocycles. The fraction of sp³-hybridized carbons (Fsp3) is 0.667. The van der Waals surface area contributed by atoms with Crippen molar-refractivity contribution in [3.8, 4) is 5.88 Å². The Morgan fingerprint density at radius 1 is 1.29 bits per heavy atom. The van der Waals surface area contributed by atoms with Crippen molar-refractivity contribution in [2.45, 2.75) is 26.5 Å². The largest absolute Gasteiger partial charge is 0.474 e. The van der Waals surface area contributed by atoms with Gasteiger partial charge in [0, 0.05) is 19.6 Å². The molecule has 0 aromatic carbocycles. The topological polar surface area (TPSA) is 47.5 Å². The Bertz CT molecular complexity index is 334. The maximum atomic E-state index is 5.45. The summed E-state index contributed by atoms with van der Waals surface area (Å²) in [6.45, 7) is 8.33. The first kappa shape index (κ1) is 12.3. The van der Waals surface area contributed by atoms with Crippen LogP contribution in [0.2, 0.25) is 0 Å². The minimum atomic E-state index is 0.134. The number of aromatic nitrogens is 2. The van der Waals surface area contributed by atoms with Crippen LogP contribution in [0.25, 0.3) is 0 Å². The smallest absolute Gasteiger partial charge is 0.232 e. The van der Waals surface area contributed by atoms with Crippen molar-refractivity contribution in [3.05, 3.63) is 18.1 Å². The van der Waals surface area contributed by atoms with E-state index in [1.54, 1.807) is 12.4 Å². The Morgan fingerprint density at radius 3 is 2.65 bits per heavy atom. The van der Waals surface area contributed by atoms with Crippen LogP contribution in [0.4, 0.5) is 0 Å². The van der Waals surface area contributed by atoms with Crippen molar-refractivity contribution < 1.29 is 9.47 Å². The highest BCUT2D eigenvalue weighted by molar-refractivity contribution is 5.07. The molecule has 5 nitrogen and oxygen atoms in total. The number of hydrogen-bond donors (Lipinski definition) is 0. The van der Waals surface area contributed by atoms with Gasteiger partial charge >= 0.3 is 0 Å². The van der Waals surface area contributed by atoms with Crippen LogP contribution in [0.1, 0.15) is 19.5 Å². The van der Waals surface area contributed by atoms with Gasteiger partial charge in [0.1, 0.15) is 0 Å². The summed E-state index contributed by atoms with van der Waals surface area (Å²) in [7, 11) is 0. The second-order valence-corrected chi connectivity index (χ2v) is 4.40. The maximum Gasteiger partial charge on any atom is 0.232 e. The zero-order valence-corrected chi connectivity index (χ0v) is 10.4. The van der Waals surface area contributed by atoms with Crippen LogP contribution >= 0.6 is 0 Å². The Hall–Kier alpha value is -1.20. The van der Waals surface area contributed by atoms with Crippen molar-refractivity contribution in [1.82, 2.24) is 14.9 Å². The first-order valence-corrected chi connectivity index (χ1v) is 6.02. The Balaban J connectivity index is 1.88. The molecule has 0 aliphatic carbocycles. The highest BCUT2D eigenvalue weighted by Crippen LogP contribution is 2.08. The lowest BCUT2D eigenvalue weighted by Gasteiger charge is -2.25. The van der Waals surface area contributed by atoms with Crippen molar-refractivity contribution in [1.29, 1.82) is 0 Å². The van der Waals surface area contributed by atoms with Crippen LogP contribution in [0.15, 0.2) is 12.4 Å². The van der Waals surface area contributed by atoms with E-state index in [-0.39, 0.29) is 6.10 Å². The van der Waals surface area contributed by atoms with Crippen molar-refractivity contribution in [3.63, 3.8) is 0 Å². The molecule has 1 aliphatic rings. The van der Waals surface area contributed by atoms with E-state index >= 15 is 0 Å². The van der Waals surface area contributed by atoms with Gasteiger partial charge in [-0.1, -0.05) is 0 Å². The van der Waals surface area contributed by atoms with Crippen LogP contribution in [0.5, 0.6) is 5.88 Å². The quantitative estimate of drug-likeness (QED) is 0.784. The lowest BCUT2D eigenvalue weighted by molar-refractivity contribution is 0.0335. The highest BCUT2D eigenvalue weighted by atomic mass is 16.5. The van der Waals surface area contributed by atoms with E-state index in [2.05, 4.69) is 14.9 Å².